The largest absolute Gasteiger partial charge is 0.450 e. The van der Waals surface area contributed by atoms with Gasteiger partial charge in [0, 0.05) is 7.05 Å². The van der Waals surface area contributed by atoms with E-state index in [1.807, 2.05) is 0 Å². The molecule has 0 unspecified atom stereocenters. The van der Waals surface area contributed by atoms with Crippen molar-refractivity contribution in [3.8, 4) is 0 Å². The lowest BCUT2D eigenvalue weighted by Gasteiger charge is -2.04. The van der Waals surface area contributed by atoms with E-state index in [0.29, 0.717) is 0 Å². The molecule has 0 spiro atoms. The summed E-state index contributed by atoms with van der Waals surface area (Å²) in [6, 6.07) is 0. The molecule has 0 aliphatic carbocycles. The van der Waals surface area contributed by atoms with E-state index in [0.717, 1.165) is 10.9 Å². The number of nitro groups is 1. The van der Waals surface area contributed by atoms with E-state index < -0.39 is 29.0 Å². The van der Waals surface area contributed by atoms with Gasteiger partial charge in [0.25, 0.3) is 0 Å². The maximum atomic E-state index is 12.0. The number of aryl methyl sites for hydroxylation is 1. The molecule has 0 N–H and O–H groups in total. The maximum Gasteiger partial charge on any atom is 0.450 e. The highest BCUT2D eigenvalue weighted by molar-refractivity contribution is 5.86. The van der Waals surface area contributed by atoms with Crippen LogP contribution in [0.3, 0.4) is 0 Å². The minimum absolute atomic E-state index is 0.368. The molecular formula is C7H6F3N3O3. The van der Waals surface area contributed by atoms with Gasteiger partial charge in [-0.15, -0.1) is 0 Å². The first-order chi connectivity index (χ1) is 7.23. The van der Waals surface area contributed by atoms with Gasteiger partial charge in [0.15, 0.2) is 0 Å². The fourth-order valence-corrected chi connectivity index (χ4v) is 1.06. The molecule has 1 rings (SSSR count). The van der Waals surface area contributed by atoms with E-state index in [2.05, 4.69) is 5.10 Å². The van der Waals surface area contributed by atoms with Crippen molar-refractivity contribution in [2.24, 2.45) is 7.05 Å². The summed E-state index contributed by atoms with van der Waals surface area (Å²) in [5, 5.41) is 13.9. The first-order valence-electron chi connectivity index (χ1n) is 3.98. The number of nitrogens with zero attached hydrogens (tertiary/aromatic N) is 3. The molecule has 0 atom stereocenters. The number of halogens is 3. The summed E-state index contributed by atoms with van der Waals surface area (Å²) < 4.78 is 36.7. The van der Waals surface area contributed by atoms with Crippen molar-refractivity contribution in [3.63, 3.8) is 0 Å². The Morgan fingerprint density at radius 1 is 1.62 bits per heavy atom. The van der Waals surface area contributed by atoms with Crippen LogP contribution in [0.2, 0.25) is 0 Å². The number of carbonyl (C=O) groups is 1. The molecule has 0 fully saturated rings. The average molecular weight is 237 g/mol. The molecule has 0 amide bonds. The quantitative estimate of drug-likeness (QED) is 0.580. The minimum Gasteiger partial charge on any atom is -0.289 e. The van der Waals surface area contributed by atoms with Gasteiger partial charge >= 0.3 is 11.9 Å². The number of hydrogen-bond donors (Lipinski definition) is 0. The summed E-state index contributed by atoms with van der Waals surface area (Å²) in [5.74, 6) is -2.04. The zero-order chi connectivity index (χ0) is 12.5. The van der Waals surface area contributed by atoms with Gasteiger partial charge < -0.3 is 0 Å². The highest BCUT2D eigenvalue weighted by atomic mass is 19.4. The summed E-state index contributed by atoms with van der Waals surface area (Å²) >= 11 is 0. The lowest BCUT2D eigenvalue weighted by molar-refractivity contribution is -0.385. The standard InChI is InChI=1S/C7H6F3N3O3/c1-12-4(2-6(14)7(8,9)10)5(3-11-12)13(15)16/h3H,2H2,1H3. The van der Waals surface area contributed by atoms with Crippen molar-refractivity contribution in [2.45, 2.75) is 12.6 Å². The molecule has 9 heteroatoms. The van der Waals surface area contributed by atoms with Gasteiger partial charge in [-0.1, -0.05) is 0 Å². The second kappa shape index (κ2) is 3.91. The van der Waals surface area contributed by atoms with E-state index in [9.17, 15) is 28.1 Å². The molecule has 0 aromatic carbocycles. The van der Waals surface area contributed by atoms with Crippen LogP contribution < -0.4 is 0 Å². The number of rotatable bonds is 3. The van der Waals surface area contributed by atoms with Crippen molar-refractivity contribution < 1.29 is 22.9 Å². The number of ketones is 1. The van der Waals surface area contributed by atoms with Gasteiger partial charge in [-0.3, -0.25) is 19.6 Å². The molecule has 0 saturated carbocycles. The SMILES string of the molecule is Cn1ncc([N+](=O)[O-])c1CC(=O)C(F)(F)F. The molecule has 0 aliphatic heterocycles. The van der Waals surface area contributed by atoms with Crippen LogP contribution in [0.1, 0.15) is 5.69 Å². The highest BCUT2D eigenvalue weighted by Crippen LogP contribution is 2.23. The molecule has 0 bridgehead atoms. The van der Waals surface area contributed by atoms with Gasteiger partial charge in [-0.05, 0) is 0 Å². The van der Waals surface area contributed by atoms with Crippen LogP contribution in [0.5, 0.6) is 0 Å². The molecule has 16 heavy (non-hydrogen) atoms. The number of hydrogen-bond acceptors (Lipinski definition) is 4. The van der Waals surface area contributed by atoms with Gasteiger partial charge in [-0.2, -0.15) is 18.3 Å². The summed E-state index contributed by atoms with van der Waals surface area (Å²) in [5.41, 5.74) is -0.965. The second-order valence-corrected chi connectivity index (χ2v) is 2.95. The highest BCUT2D eigenvalue weighted by Gasteiger charge is 2.39. The Morgan fingerprint density at radius 3 is 2.62 bits per heavy atom. The van der Waals surface area contributed by atoms with Crippen molar-refractivity contribution in [3.05, 3.63) is 22.0 Å². The Labute approximate surface area is 86.8 Å². The van der Waals surface area contributed by atoms with Crippen LogP contribution in [0, 0.1) is 10.1 Å². The van der Waals surface area contributed by atoms with Crippen LogP contribution in [-0.4, -0.2) is 26.7 Å². The summed E-state index contributed by atoms with van der Waals surface area (Å²) in [6.07, 6.45) is -5.28. The van der Waals surface area contributed by atoms with Gasteiger partial charge in [0.1, 0.15) is 11.9 Å². The smallest absolute Gasteiger partial charge is 0.289 e. The Bertz CT molecular complexity index is 438. The van der Waals surface area contributed by atoms with Crippen LogP contribution >= 0.6 is 0 Å². The van der Waals surface area contributed by atoms with Crippen LogP contribution in [-0.2, 0) is 18.3 Å². The van der Waals surface area contributed by atoms with E-state index >= 15 is 0 Å². The third kappa shape index (κ3) is 2.35. The number of aromatic nitrogens is 2. The summed E-state index contributed by atoms with van der Waals surface area (Å²) in [4.78, 5) is 20.2. The Hall–Kier alpha value is -1.93. The van der Waals surface area contributed by atoms with Crippen LogP contribution in [0.25, 0.3) is 0 Å². The minimum atomic E-state index is -5.00. The number of Topliss-reactive ketones (excluding diaryl/α,β-unsaturated/α-hetero) is 1. The zero-order valence-electron chi connectivity index (χ0n) is 7.98. The van der Waals surface area contributed by atoms with Crippen molar-refractivity contribution in [2.75, 3.05) is 0 Å². The molecule has 0 radical (unpaired) electrons. The third-order valence-corrected chi connectivity index (χ3v) is 1.88. The second-order valence-electron chi connectivity index (χ2n) is 2.95. The van der Waals surface area contributed by atoms with Gasteiger partial charge in [0.2, 0.25) is 5.78 Å². The van der Waals surface area contributed by atoms with Crippen LogP contribution in [0.4, 0.5) is 18.9 Å². The van der Waals surface area contributed by atoms with Crippen molar-refractivity contribution >= 4 is 11.5 Å². The van der Waals surface area contributed by atoms with Crippen LogP contribution in [0.15, 0.2) is 6.20 Å². The summed E-state index contributed by atoms with van der Waals surface area (Å²) in [6.45, 7) is 0. The molecule has 1 aromatic rings. The predicted octanol–water partition coefficient (Wildman–Crippen LogP) is 1.00. The molecular weight excluding hydrogens is 231 g/mol. The van der Waals surface area contributed by atoms with Gasteiger partial charge in [-0.25, -0.2) is 0 Å². The fraction of sp³-hybridized carbons (Fsp3) is 0.429. The third-order valence-electron chi connectivity index (χ3n) is 1.88. The maximum absolute atomic E-state index is 12.0. The first kappa shape index (κ1) is 12.1. The topological polar surface area (TPSA) is 78.0 Å². The Morgan fingerprint density at radius 2 is 2.19 bits per heavy atom. The van der Waals surface area contributed by atoms with Gasteiger partial charge in [0.05, 0.1) is 11.3 Å². The predicted molar refractivity (Wildman–Crippen MR) is 44.6 cm³/mol. The first-order valence-corrected chi connectivity index (χ1v) is 3.98. The van der Waals surface area contributed by atoms with E-state index in [1.165, 1.54) is 7.05 Å². The van der Waals surface area contributed by atoms with Crippen molar-refractivity contribution in [1.29, 1.82) is 0 Å². The summed E-state index contributed by atoms with van der Waals surface area (Å²) in [7, 11) is 1.23. The lowest BCUT2D eigenvalue weighted by atomic mass is 10.2. The van der Waals surface area contributed by atoms with E-state index in [4.69, 9.17) is 0 Å². The molecule has 1 aromatic heterocycles. The Kier molecular flexibility index (Phi) is 2.97. The van der Waals surface area contributed by atoms with E-state index in [1.54, 1.807) is 0 Å². The number of alkyl halides is 3. The molecule has 6 nitrogen and oxygen atoms in total. The van der Waals surface area contributed by atoms with Crippen molar-refractivity contribution in [1.82, 2.24) is 9.78 Å². The molecule has 88 valence electrons. The molecule has 1 heterocycles. The average Bonchev–Trinajstić information content (AvgIpc) is 2.46. The fourth-order valence-electron chi connectivity index (χ4n) is 1.06. The zero-order valence-corrected chi connectivity index (χ0v) is 7.98. The molecule has 0 saturated heterocycles. The lowest BCUT2D eigenvalue weighted by Crippen LogP contribution is -2.25. The Balaban J connectivity index is 3.02. The monoisotopic (exact) mass is 237 g/mol. The molecule has 0 aliphatic rings. The van der Waals surface area contributed by atoms with E-state index in [-0.39, 0.29) is 5.69 Å². The number of carbonyl (C=O) groups excluding carboxylic acids is 1. The normalized spacial score (nSPS) is 11.5.